The van der Waals surface area contributed by atoms with Gasteiger partial charge in [0.1, 0.15) is 0 Å². The van der Waals surface area contributed by atoms with E-state index < -0.39 is 8.25 Å². The molecule has 0 aromatic rings. The maximum Gasteiger partial charge on any atom is 0.334 e. The number of hydrogen-bond donors (Lipinski definition) is 1. The Bertz CT molecular complexity index is 52.9. The van der Waals surface area contributed by atoms with Gasteiger partial charge in [0, 0.05) is 24.2 Å². The van der Waals surface area contributed by atoms with Crippen molar-refractivity contribution in [1.29, 1.82) is 0 Å². The normalized spacial score (nSPS) is 12.3. The SMILES string of the molecule is CO[PH](=O)ON.[Mn]. The molecular weight excluding hydrogens is 160 g/mol. The Labute approximate surface area is 52.7 Å². The first-order valence-electron chi connectivity index (χ1n) is 1.26. The molecule has 0 saturated carbocycles. The molecule has 0 aliphatic rings. The van der Waals surface area contributed by atoms with Crippen molar-refractivity contribution in [1.82, 2.24) is 0 Å². The van der Waals surface area contributed by atoms with E-state index in [4.69, 9.17) is 0 Å². The molecule has 0 aliphatic heterocycles. The molecular formula is CH6MnNO3P. The van der Waals surface area contributed by atoms with Crippen molar-refractivity contribution in [2.24, 2.45) is 5.90 Å². The third-order valence-electron chi connectivity index (χ3n) is 0.263. The standard InChI is InChI=1S/CH6NO3P.Mn/c1-4-6(3)5-2;/h6H,2H2,1H3;. The molecule has 0 aromatic carbocycles. The maximum atomic E-state index is 9.80. The topological polar surface area (TPSA) is 61.5 Å². The van der Waals surface area contributed by atoms with E-state index in [2.05, 4.69) is 15.0 Å². The van der Waals surface area contributed by atoms with Crippen molar-refractivity contribution in [2.45, 2.75) is 0 Å². The van der Waals surface area contributed by atoms with Gasteiger partial charge in [-0.3, -0.25) is 4.57 Å². The zero-order valence-corrected chi connectivity index (χ0v) is 5.86. The summed E-state index contributed by atoms with van der Waals surface area (Å²) in [5, 5.41) is 0. The zero-order valence-electron chi connectivity index (χ0n) is 3.68. The Kier molecular flexibility index (Phi) is 10.0. The Balaban J connectivity index is 0. The van der Waals surface area contributed by atoms with E-state index >= 15 is 0 Å². The smallest absolute Gasteiger partial charge is 0.313 e. The number of rotatable bonds is 2. The van der Waals surface area contributed by atoms with Crippen LogP contribution in [0.4, 0.5) is 0 Å². The van der Waals surface area contributed by atoms with Crippen LogP contribution in [0.1, 0.15) is 0 Å². The molecule has 1 atom stereocenters. The molecule has 45 valence electrons. The Morgan fingerprint density at radius 2 is 2.14 bits per heavy atom. The van der Waals surface area contributed by atoms with Gasteiger partial charge in [-0.15, -0.1) is 0 Å². The molecule has 1 unspecified atom stereocenters. The van der Waals surface area contributed by atoms with Crippen molar-refractivity contribution >= 4 is 8.25 Å². The van der Waals surface area contributed by atoms with Gasteiger partial charge in [0.05, 0.1) is 0 Å². The van der Waals surface area contributed by atoms with Crippen LogP contribution in [0.2, 0.25) is 0 Å². The summed E-state index contributed by atoms with van der Waals surface area (Å²) in [6, 6.07) is 0. The van der Waals surface area contributed by atoms with Gasteiger partial charge in [0.2, 0.25) is 0 Å². The van der Waals surface area contributed by atoms with E-state index in [-0.39, 0.29) is 17.1 Å². The summed E-state index contributed by atoms with van der Waals surface area (Å²) in [7, 11) is -1.08. The van der Waals surface area contributed by atoms with Crippen LogP contribution in [-0.2, 0) is 30.8 Å². The molecule has 0 rings (SSSR count). The largest absolute Gasteiger partial charge is 0.334 e. The third-order valence-corrected chi connectivity index (χ3v) is 0.789. The fraction of sp³-hybridized carbons (Fsp3) is 1.00. The average molecular weight is 166 g/mol. The van der Waals surface area contributed by atoms with Gasteiger partial charge in [-0.1, -0.05) is 0 Å². The van der Waals surface area contributed by atoms with Gasteiger partial charge in [-0.25, -0.2) is 10.5 Å². The van der Waals surface area contributed by atoms with Crippen molar-refractivity contribution in [3.8, 4) is 0 Å². The van der Waals surface area contributed by atoms with Crippen LogP contribution in [0.5, 0.6) is 0 Å². The second-order valence-corrected chi connectivity index (χ2v) is 1.72. The summed E-state index contributed by atoms with van der Waals surface area (Å²) in [5.74, 6) is 4.39. The molecule has 0 saturated heterocycles. The summed E-state index contributed by atoms with van der Waals surface area (Å²) < 4.78 is 17.6. The summed E-state index contributed by atoms with van der Waals surface area (Å²) in [6.07, 6.45) is 0. The van der Waals surface area contributed by atoms with Crippen molar-refractivity contribution in [3.63, 3.8) is 0 Å². The van der Waals surface area contributed by atoms with Crippen LogP contribution in [0, 0.1) is 0 Å². The first kappa shape index (κ1) is 10.6. The first-order chi connectivity index (χ1) is 2.81. The summed E-state index contributed by atoms with van der Waals surface area (Å²) in [6.45, 7) is 0. The minimum atomic E-state index is -2.34. The average Bonchev–Trinajstić information content (AvgIpc) is 1.65. The minimum Gasteiger partial charge on any atom is -0.313 e. The van der Waals surface area contributed by atoms with Gasteiger partial charge in [-0.05, 0) is 0 Å². The molecule has 0 fully saturated rings. The molecule has 0 bridgehead atoms. The molecule has 4 nitrogen and oxygen atoms in total. The van der Waals surface area contributed by atoms with Gasteiger partial charge in [0.25, 0.3) is 0 Å². The Morgan fingerprint density at radius 3 is 2.14 bits per heavy atom. The maximum absolute atomic E-state index is 9.80. The second-order valence-electron chi connectivity index (χ2n) is 0.572. The third kappa shape index (κ3) is 6.63. The molecule has 6 heteroatoms. The van der Waals surface area contributed by atoms with E-state index in [1.54, 1.807) is 0 Å². The second kappa shape index (κ2) is 6.63. The van der Waals surface area contributed by atoms with E-state index in [0.717, 1.165) is 0 Å². The van der Waals surface area contributed by atoms with Crippen molar-refractivity contribution in [2.75, 3.05) is 7.11 Å². The summed E-state index contributed by atoms with van der Waals surface area (Å²) >= 11 is 0. The van der Waals surface area contributed by atoms with Gasteiger partial charge < -0.3 is 4.52 Å². The molecule has 0 aliphatic carbocycles. The predicted octanol–water partition coefficient (Wildman–Crippen LogP) is -0.0897. The molecule has 7 heavy (non-hydrogen) atoms. The quantitative estimate of drug-likeness (QED) is 0.353. The minimum absolute atomic E-state index is 0. The monoisotopic (exact) mass is 166 g/mol. The van der Waals surface area contributed by atoms with Crippen molar-refractivity contribution in [3.05, 3.63) is 0 Å². The Hall–Kier alpha value is 0.629. The first-order valence-corrected chi connectivity index (χ1v) is 2.48. The van der Waals surface area contributed by atoms with Crippen LogP contribution in [0.3, 0.4) is 0 Å². The molecule has 0 amide bonds. The fourth-order valence-corrected chi connectivity index (χ4v) is 0.144. The molecule has 0 heterocycles. The van der Waals surface area contributed by atoms with Crippen LogP contribution in [-0.4, -0.2) is 7.11 Å². The van der Waals surface area contributed by atoms with E-state index in [0.29, 0.717) is 0 Å². The van der Waals surface area contributed by atoms with Crippen LogP contribution in [0.25, 0.3) is 0 Å². The predicted molar refractivity (Wildman–Crippen MR) is 21.3 cm³/mol. The van der Waals surface area contributed by atoms with E-state index in [1.165, 1.54) is 7.11 Å². The molecule has 0 aromatic heterocycles. The summed E-state index contributed by atoms with van der Waals surface area (Å²) in [4.78, 5) is 0. The summed E-state index contributed by atoms with van der Waals surface area (Å²) in [5.41, 5.74) is 0. The van der Waals surface area contributed by atoms with Crippen LogP contribution < -0.4 is 5.90 Å². The molecule has 2 N–H and O–H groups in total. The van der Waals surface area contributed by atoms with E-state index in [9.17, 15) is 4.57 Å². The zero-order chi connectivity index (χ0) is 4.99. The Morgan fingerprint density at radius 1 is 1.71 bits per heavy atom. The fourth-order valence-electron chi connectivity index (χ4n) is 0.0481. The van der Waals surface area contributed by atoms with E-state index in [1.807, 2.05) is 0 Å². The van der Waals surface area contributed by atoms with Crippen molar-refractivity contribution < 1.29 is 30.8 Å². The van der Waals surface area contributed by atoms with Crippen LogP contribution >= 0.6 is 8.25 Å². The van der Waals surface area contributed by atoms with Gasteiger partial charge in [-0.2, -0.15) is 0 Å². The van der Waals surface area contributed by atoms with Gasteiger partial charge in [0.15, 0.2) is 0 Å². The van der Waals surface area contributed by atoms with Crippen LogP contribution in [0.15, 0.2) is 0 Å². The van der Waals surface area contributed by atoms with Gasteiger partial charge >= 0.3 is 8.25 Å². The number of hydrogen-bond acceptors (Lipinski definition) is 4. The molecule has 1 radical (unpaired) electrons. The number of nitrogens with two attached hydrogens (primary N) is 1. The molecule has 0 spiro atoms.